The fourth-order valence-corrected chi connectivity index (χ4v) is 2.88. The molecular formula is C10H16F. The van der Waals surface area contributed by atoms with Crippen LogP contribution in [0.4, 0.5) is 4.39 Å². The summed E-state index contributed by atoms with van der Waals surface area (Å²) in [5.41, 5.74) is 0.134. The van der Waals surface area contributed by atoms with E-state index in [1.54, 1.807) is 0 Å². The Morgan fingerprint density at radius 3 is 2.18 bits per heavy atom. The first-order valence-electron chi connectivity index (χ1n) is 4.50. The zero-order chi connectivity index (χ0) is 8.28. The van der Waals surface area contributed by atoms with E-state index in [4.69, 9.17) is 0 Å². The molecule has 63 valence electrons. The Kier molecular flexibility index (Phi) is 1.24. The Balaban J connectivity index is 2.40. The molecule has 1 radical (unpaired) electrons. The molecule has 2 fully saturated rings. The predicted octanol–water partition coefficient (Wildman–Crippen LogP) is 3.33. The van der Waals surface area contributed by atoms with Gasteiger partial charge in [0.1, 0.15) is 0 Å². The molecule has 11 heavy (non-hydrogen) atoms. The predicted molar refractivity (Wildman–Crippen MR) is 43.6 cm³/mol. The van der Waals surface area contributed by atoms with Crippen molar-refractivity contribution < 1.29 is 4.39 Å². The summed E-state index contributed by atoms with van der Waals surface area (Å²) in [4.78, 5) is 0. The monoisotopic (exact) mass is 155 g/mol. The van der Waals surface area contributed by atoms with Gasteiger partial charge in [0.2, 0.25) is 0 Å². The van der Waals surface area contributed by atoms with E-state index >= 15 is 0 Å². The number of hydrogen-bond acceptors (Lipinski definition) is 0. The number of hydrogen-bond donors (Lipinski definition) is 0. The molecular weight excluding hydrogens is 139 g/mol. The molecule has 0 aromatic rings. The van der Waals surface area contributed by atoms with Gasteiger partial charge in [-0.05, 0) is 30.6 Å². The smallest absolute Gasteiger partial charge is 0.151 e. The molecule has 0 saturated heterocycles. The average Bonchev–Trinajstić information content (AvgIpc) is 2.20. The second-order valence-electron chi connectivity index (χ2n) is 4.90. The fourth-order valence-electron chi connectivity index (χ4n) is 2.88. The SMILES string of the molecule is CC1(C)[C@@H]2CC[C@]1(C)[C](F)C2. The van der Waals surface area contributed by atoms with Gasteiger partial charge in [-0.1, -0.05) is 20.8 Å². The lowest BCUT2D eigenvalue weighted by Crippen LogP contribution is -2.29. The standard InChI is InChI=1S/C10H16F/c1-9(2)7-4-5-10(9,3)8(11)6-7/h7H,4-6H2,1-3H3/t7-,10-/m1/s1. The van der Waals surface area contributed by atoms with Crippen LogP contribution in [0.1, 0.15) is 40.0 Å². The molecule has 0 nitrogen and oxygen atoms in total. The van der Waals surface area contributed by atoms with Crippen molar-refractivity contribution in [1.82, 2.24) is 0 Å². The van der Waals surface area contributed by atoms with Crippen LogP contribution >= 0.6 is 0 Å². The molecule has 0 heterocycles. The van der Waals surface area contributed by atoms with E-state index in [-0.39, 0.29) is 17.0 Å². The zero-order valence-electron chi connectivity index (χ0n) is 7.58. The Morgan fingerprint density at radius 2 is 2.00 bits per heavy atom. The van der Waals surface area contributed by atoms with Crippen molar-refractivity contribution in [3.05, 3.63) is 6.17 Å². The third kappa shape index (κ3) is 0.653. The van der Waals surface area contributed by atoms with E-state index in [1.807, 2.05) is 0 Å². The van der Waals surface area contributed by atoms with Crippen LogP contribution in [0.5, 0.6) is 0 Å². The maximum absolute atomic E-state index is 13.4. The fraction of sp³-hybridized carbons (Fsp3) is 0.900. The largest absolute Gasteiger partial charge is 0.240 e. The van der Waals surface area contributed by atoms with Gasteiger partial charge in [-0.15, -0.1) is 0 Å². The minimum Gasteiger partial charge on any atom is -0.240 e. The first-order valence-corrected chi connectivity index (χ1v) is 4.50. The molecule has 0 spiro atoms. The third-order valence-electron chi connectivity index (χ3n) is 4.46. The van der Waals surface area contributed by atoms with E-state index in [0.29, 0.717) is 5.92 Å². The maximum atomic E-state index is 13.4. The Bertz CT molecular complexity index is 185. The lowest BCUT2D eigenvalue weighted by molar-refractivity contribution is 0.133. The van der Waals surface area contributed by atoms with E-state index < -0.39 is 0 Å². The van der Waals surface area contributed by atoms with Crippen LogP contribution < -0.4 is 0 Å². The van der Waals surface area contributed by atoms with Crippen molar-refractivity contribution in [2.45, 2.75) is 40.0 Å². The summed E-state index contributed by atoms with van der Waals surface area (Å²) in [6.45, 7) is 6.53. The molecule has 0 amide bonds. The average molecular weight is 155 g/mol. The lowest BCUT2D eigenvalue weighted by atomic mass is 9.70. The topological polar surface area (TPSA) is 0 Å². The van der Waals surface area contributed by atoms with Crippen molar-refractivity contribution in [3.63, 3.8) is 0 Å². The van der Waals surface area contributed by atoms with Crippen LogP contribution in [0.2, 0.25) is 0 Å². The summed E-state index contributed by atoms with van der Waals surface area (Å²) >= 11 is 0. The molecule has 2 atom stereocenters. The van der Waals surface area contributed by atoms with Crippen LogP contribution in [0, 0.1) is 22.9 Å². The van der Waals surface area contributed by atoms with Gasteiger partial charge in [-0.2, -0.15) is 0 Å². The molecule has 2 bridgehead atoms. The summed E-state index contributed by atoms with van der Waals surface area (Å²) in [5, 5.41) is 0. The molecule has 0 aromatic carbocycles. The first-order chi connectivity index (χ1) is 4.98. The molecule has 0 N–H and O–H groups in total. The number of fused-ring (bicyclic) bond motifs is 2. The second kappa shape index (κ2) is 1.81. The highest BCUT2D eigenvalue weighted by molar-refractivity contribution is 5.18. The summed E-state index contributed by atoms with van der Waals surface area (Å²) in [7, 11) is 0. The second-order valence-corrected chi connectivity index (χ2v) is 4.90. The lowest BCUT2D eigenvalue weighted by Gasteiger charge is -2.34. The Hall–Kier alpha value is -0.0700. The maximum Gasteiger partial charge on any atom is 0.151 e. The number of rotatable bonds is 0. The minimum atomic E-state index is -0.0856. The minimum absolute atomic E-state index is 0.0856. The molecule has 0 unspecified atom stereocenters. The first kappa shape index (κ1) is 7.57. The van der Waals surface area contributed by atoms with Crippen molar-refractivity contribution >= 4 is 0 Å². The highest BCUT2D eigenvalue weighted by Crippen LogP contribution is 2.69. The van der Waals surface area contributed by atoms with Gasteiger partial charge in [0.25, 0.3) is 0 Å². The summed E-state index contributed by atoms with van der Waals surface area (Å²) in [6, 6.07) is 0. The van der Waals surface area contributed by atoms with Gasteiger partial charge < -0.3 is 0 Å². The number of halogens is 1. The van der Waals surface area contributed by atoms with E-state index in [2.05, 4.69) is 20.8 Å². The van der Waals surface area contributed by atoms with Crippen molar-refractivity contribution in [2.75, 3.05) is 0 Å². The van der Waals surface area contributed by atoms with Crippen molar-refractivity contribution in [2.24, 2.45) is 16.7 Å². The summed E-state index contributed by atoms with van der Waals surface area (Å²) < 4.78 is 13.4. The van der Waals surface area contributed by atoms with Crippen LogP contribution in [-0.4, -0.2) is 0 Å². The Labute approximate surface area is 68.2 Å². The highest BCUT2D eigenvalue weighted by Gasteiger charge is 2.62. The van der Waals surface area contributed by atoms with Crippen molar-refractivity contribution in [1.29, 1.82) is 0 Å². The van der Waals surface area contributed by atoms with Gasteiger partial charge in [-0.3, -0.25) is 0 Å². The summed E-state index contributed by atoms with van der Waals surface area (Å²) in [5.74, 6) is 0.618. The third-order valence-corrected chi connectivity index (χ3v) is 4.46. The molecule has 2 aliphatic carbocycles. The normalized spacial score (nSPS) is 48.5. The van der Waals surface area contributed by atoms with Gasteiger partial charge in [0, 0.05) is 5.41 Å². The molecule has 0 aromatic heterocycles. The van der Waals surface area contributed by atoms with Crippen LogP contribution in [0.3, 0.4) is 0 Å². The molecule has 2 rings (SSSR count). The highest BCUT2D eigenvalue weighted by atomic mass is 19.1. The van der Waals surface area contributed by atoms with Gasteiger partial charge in [-0.25, -0.2) is 4.39 Å². The van der Waals surface area contributed by atoms with E-state index in [9.17, 15) is 4.39 Å². The van der Waals surface area contributed by atoms with Gasteiger partial charge in [0.15, 0.2) is 6.17 Å². The quantitative estimate of drug-likeness (QED) is 0.503. The molecule has 0 aliphatic heterocycles. The van der Waals surface area contributed by atoms with E-state index in [1.165, 1.54) is 6.42 Å². The summed E-state index contributed by atoms with van der Waals surface area (Å²) in [6.07, 6.45) is 3.30. The molecule has 1 heteroatoms. The van der Waals surface area contributed by atoms with Gasteiger partial charge in [0.05, 0.1) is 0 Å². The van der Waals surface area contributed by atoms with E-state index in [0.717, 1.165) is 12.8 Å². The Morgan fingerprint density at radius 1 is 1.36 bits per heavy atom. The zero-order valence-corrected chi connectivity index (χ0v) is 7.58. The van der Waals surface area contributed by atoms with Crippen LogP contribution in [-0.2, 0) is 0 Å². The molecule has 2 aliphatic rings. The van der Waals surface area contributed by atoms with Gasteiger partial charge >= 0.3 is 0 Å². The molecule has 2 saturated carbocycles. The van der Waals surface area contributed by atoms with Crippen LogP contribution in [0.25, 0.3) is 0 Å². The van der Waals surface area contributed by atoms with Crippen LogP contribution in [0.15, 0.2) is 0 Å². The van der Waals surface area contributed by atoms with Crippen molar-refractivity contribution in [3.8, 4) is 0 Å².